The van der Waals surface area contributed by atoms with E-state index in [1.165, 1.54) is 9.91 Å². The van der Waals surface area contributed by atoms with Gasteiger partial charge in [-0.3, -0.25) is 9.59 Å². The summed E-state index contributed by atoms with van der Waals surface area (Å²) in [5.41, 5.74) is 1.61. The highest BCUT2D eigenvalue weighted by atomic mass is 32.1. The molecule has 0 N–H and O–H groups in total. The van der Waals surface area contributed by atoms with Crippen molar-refractivity contribution < 1.29 is 19.1 Å². The Kier molecular flexibility index (Phi) is 7.23. The quantitative estimate of drug-likeness (QED) is 0.620. The van der Waals surface area contributed by atoms with Crippen molar-refractivity contribution in [2.24, 2.45) is 10.5 Å². The zero-order chi connectivity index (χ0) is 23.5. The molecular weight excluding hydrogens is 426 g/mol. The molecule has 1 atom stereocenters. The number of rotatable bonds is 7. The van der Waals surface area contributed by atoms with Crippen molar-refractivity contribution in [2.75, 3.05) is 27.8 Å². The average Bonchev–Trinajstić information content (AvgIpc) is 3.41. The number of carbonyl (C=O) groups excluding carboxylic acids is 2. The van der Waals surface area contributed by atoms with Crippen LogP contribution in [-0.2, 0) is 9.59 Å². The first-order valence-corrected chi connectivity index (χ1v) is 11.4. The Morgan fingerprint density at radius 2 is 1.91 bits per heavy atom. The van der Waals surface area contributed by atoms with E-state index in [2.05, 4.69) is 5.10 Å². The number of methoxy groups -OCH3 is 2. The van der Waals surface area contributed by atoms with E-state index in [1.54, 1.807) is 32.6 Å². The molecule has 0 aliphatic carbocycles. The molecule has 1 aromatic heterocycles. The van der Waals surface area contributed by atoms with Crippen molar-refractivity contribution in [3.05, 3.63) is 46.2 Å². The molecule has 172 valence electrons. The molecule has 32 heavy (non-hydrogen) atoms. The largest absolute Gasteiger partial charge is 0.493 e. The van der Waals surface area contributed by atoms with E-state index < -0.39 is 0 Å². The van der Waals surface area contributed by atoms with Gasteiger partial charge in [0.05, 0.1) is 30.9 Å². The minimum Gasteiger partial charge on any atom is -0.493 e. The van der Waals surface area contributed by atoms with Crippen molar-refractivity contribution in [3.63, 3.8) is 0 Å². The summed E-state index contributed by atoms with van der Waals surface area (Å²) >= 11 is 1.59. The molecule has 1 aromatic carbocycles. The summed E-state index contributed by atoms with van der Waals surface area (Å²) in [6.07, 6.45) is 0.959. The van der Waals surface area contributed by atoms with Gasteiger partial charge in [-0.2, -0.15) is 5.10 Å². The van der Waals surface area contributed by atoms with Gasteiger partial charge in [0, 0.05) is 19.9 Å². The van der Waals surface area contributed by atoms with Crippen LogP contribution in [0.1, 0.15) is 50.1 Å². The number of nitrogens with zero attached hydrogens (tertiary/aromatic N) is 3. The summed E-state index contributed by atoms with van der Waals surface area (Å²) in [6.45, 7) is 5.99. The standard InChI is InChI=1S/C24H31N3O4S/c1-24(2,3)14-22(28)26(4)15-23(29)27-18(13-17(25-27)21-8-7-11-32-21)16-9-10-19(30-5)20(12-16)31-6/h7-12,18H,13-15H2,1-6H3/t18-/m1/s1. The molecule has 8 heteroatoms. The molecule has 0 unspecified atom stereocenters. The maximum Gasteiger partial charge on any atom is 0.262 e. The number of thiophene rings is 1. The Balaban J connectivity index is 1.87. The highest BCUT2D eigenvalue weighted by Crippen LogP contribution is 2.38. The van der Waals surface area contributed by atoms with Crippen LogP contribution in [0.15, 0.2) is 40.8 Å². The van der Waals surface area contributed by atoms with E-state index in [4.69, 9.17) is 9.47 Å². The fourth-order valence-corrected chi connectivity index (χ4v) is 4.32. The Hall–Kier alpha value is -2.87. The van der Waals surface area contributed by atoms with Crippen molar-refractivity contribution >= 4 is 28.9 Å². The van der Waals surface area contributed by atoms with E-state index in [-0.39, 0.29) is 29.8 Å². The molecule has 2 amide bonds. The maximum absolute atomic E-state index is 13.3. The number of hydrogen-bond acceptors (Lipinski definition) is 6. The highest BCUT2D eigenvalue weighted by Gasteiger charge is 2.35. The molecule has 0 bridgehead atoms. The van der Waals surface area contributed by atoms with E-state index in [9.17, 15) is 9.59 Å². The first-order valence-electron chi connectivity index (χ1n) is 10.5. The Morgan fingerprint density at radius 3 is 2.50 bits per heavy atom. The Bertz CT molecular complexity index is 995. The summed E-state index contributed by atoms with van der Waals surface area (Å²) in [5, 5.41) is 8.18. The van der Waals surface area contributed by atoms with Crippen LogP contribution in [0.5, 0.6) is 11.5 Å². The number of hydrogen-bond donors (Lipinski definition) is 0. The molecule has 1 aliphatic rings. The van der Waals surface area contributed by atoms with Crippen LogP contribution in [0.3, 0.4) is 0 Å². The first kappa shape index (κ1) is 23.8. The number of carbonyl (C=O) groups is 2. The lowest BCUT2D eigenvalue weighted by Crippen LogP contribution is -2.40. The fourth-order valence-electron chi connectivity index (χ4n) is 3.60. The second-order valence-electron chi connectivity index (χ2n) is 9.08. The molecule has 2 heterocycles. The maximum atomic E-state index is 13.3. The normalized spacial score (nSPS) is 16.0. The zero-order valence-corrected chi connectivity index (χ0v) is 20.4. The van der Waals surface area contributed by atoms with Crippen LogP contribution < -0.4 is 9.47 Å². The van der Waals surface area contributed by atoms with Crippen LogP contribution in [0.2, 0.25) is 0 Å². The molecule has 0 radical (unpaired) electrons. The van der Waals surface area contributed by atoms with Gasteiger partial charge >= 0.3 is 0 Å². The summed E-state index contributed by atoms with van der Waals surface area (Å²) in [4.78, 5) is 28.3. The van der Waals surface area contributed by atoms with Crippen LogP contribution >= 0.6 is 11.3 Å². The molecule has 7 nitrogen and oxygen atoms in total. The summed E-state index contributed by atoms with van der Waals surface area (Å²) < 4.78 is 10.8. The second kappa shape index (κ2) is 9.73. The molecule has 2 aromatic rings. The van der Waals surface area contributed by atoms with Gasteiger partial charge < -0.3 is 14.4 Å². The fraction of sp³-hybridized carbons (Fsp3) is 0.458. The number of hydrazone groups is 1. The van der Waals surface area contributed by atoms with E-state index in [1.807, 2.05) is 56.5 Å². The zero-order valence-electron chi connectivity index (χ0n) is 19.5. The van der Waals surface area contributed by atoms with Crippen LogP contribution in [0.4, 0.5) is 0 Å². The second-order valence-corrected chi connectivity index (χ2v) is 10.0. The van der Waals surface area contributed by atoms with Crippen LogP contribution in [-0.4, -0.2) is 55.2 Å². The van der Waals surface area contributed by atoms with Gasteiger partial charge in [0.1, 0.15) is 6.54 Å². The molecule has 0 fully saturated rings. The number of likely N-dealkylation sites (N-methyl/N-ethyl adjacent to an activating group) is 1. The highest BCUT2D eigenvalue weighted by molar-refractivity contribution is 7.12. The van der Waals surface area contributed by atoms with Gasteiger partial charge in [0.25, 0.3) is 5.91 Å². The Labute approximate surface area is 193 Å². The number of amides is 2. The monoisotopic (exact) mass is 457 g/mol. The third-order valence-electron chi connectivity index (χ3n) is 5.24. The molecular formula is C24H31N3O4S. The predicted octanol–water partition coefficient (Wildman–Crippen LogP) is 4.34. The van der Waals surface area contributed by atoms with Gasteiger partial charge in [0.15, 0.2) is 11.5 Å². The van der Waals surface area contributed by atoms with E-state index in [0.29, 0.717) is 24.3 Å². The third-order valence-corrected chi connectivity index (χ3v) is 6.16. The van der Waals surface area contributed by atoms with Gasteiger partial charge in [-0.15, -0.1) is 11.3 Å². The van der Waals surface area contributed by atoms with Crippen molar-refractivity contribution in [1.29, 1.82) is 0 Å². The van der Waals surface area contributed by atoms with Gasteiger partial charge in [-0.1, -0.05) is 32.9 Å². The minimum atomic E-state index is -0.287. The van der Waals surface area contributed by atoms with Gasteiger partial charge in [0.2, 0.25) is 5.91 Å². The smallest absolute Gasteiger partial charge is 0.262 e. The van der Waals surface area contributed by atoms with Crippen molar-refractivity contribution in [2.45, 2.75) is 39.7 Å². The van der Waals surface area contributed by atoms with Crippen LogP contribution in [0, 0.1) is 5.41 Å². The summed E-state index contributed by atoms with van der Waals surface area (Å²) in [7, 11) is 4.84. The summed E-state index contributed by atoms with van der Waals surface area (Å²) in [5.74, 6) is 0.940. The van der Waals surface area contributed by atoms with Gasteiger partial charge in [-0.05, 0) is 34.6 Å². The lowest BCUT2D eigenvalue weighted by Gasteiger charge is -2.27. The predicted molar refractivity (Wildman–Crippen MR) is 126 cm³/mol. The molecule has 0 saturated carbocycles. The van der Waals surface area contributed by atoms with Crippen LogP contribution in [0.25, 0.3) is 0 Å². The molecule has 0 saturated heterocycles. The van der Waals surface area contributed by atoms with Gasteiger partial charge in [-0.25, -0.2) is 5.01 Å². The van der Waals surface area contributed by atoms with Crippen molar-refractivity contribution in [1.82, 2.24) is 9.91 Å². The van der Waals surface area contributed by atoms with E-state index >= 15 is 0 Å². The number of ether oxygens (including phenoxy) is 2. The molecule has 0 spiro atoms. The van der Waals surface area contributed by atoms with E-state index in [0.717, 1.165) is 16.2 Å². The lowest BCUT2D eigenvalue weighted by molar-refractivity contribution is -0.141. The minimum absolute atomic E-state index is 0.0279. The molecule has 1 aliphatic heterocycles. The first-order chi connectivity index (χ1) is 15.1. The Morgan fingerprint density at radius 1 is 1.19 bits per heavy atom. The summed E-state index contributed by atoms with van der Waals surface area (Å²) in [6, 6.07) is 9.32. The third kappa shape index (κ3) is 5.48. The topological polar surface area (TPSA) is 71.4 Å². The van der Waals surface area contributed by atoms with Crippen molar-refractivity contribution in [3.8, 4) is 11.5 Å². The lowest BCUT2D eigenvalue weighted by atomic mass is 9.92. The number of benzene rings is 1. The molecule has 3 rings (SSSR count). The average molecular weight is 458 g/mol. The SMILES string of the molecule is COc1ccc([C@H]2CC(c3cccs3)=NN2C(=O)CN(C)C(=O)CC(C)(C)C)cc1OC.